The summed E-state index contributed by atoms with van der Waals surface area (Å²) in [6, 6.07) is 55.7. The summed E-state index contributed by atoms with van der Waals surface area (Å²) in [5.74, 6) is 0. The molecule has 0 saturated carbocycles. The van der Waals surface area contributed by atoms with Gasteiger partial charge >= 0.3 is 6.18 Å². The van der Waals surface area contributed by atoms with Crippen molar-refractivity contribution < 1.29 is 13.2 Å². The lowest BCUT2D eigenvalue weighted by Crippen LogP contribution is -2.07. The van der Waals surface area contributed by atoms with Crippen LogP contribution < -0.4 is 0 Å². The highest BCUT2D eigenvalue weighted by Crippen LogP contribution is 2.46. The van der Waals surface area contributed by atoms with Crippen molar-refractivity contribution in [1.82, 2.24) is 9.13 Å². The Morgan fingerprint density at radius 2 is 0.634 bits per heavy atom. The first-order chi connectivity index (χ1) is 39.1. The van der Waals surface area contributed by atoms with E-state index < -0.39 is 11.7 Å². The molecule has 0 aliphatic rings. The van der Waals surface area contributed by atoms with E-state index in [-0.39, 0.29) is 22.3 Å². The van der Waals surface area contributed by atoms with Crippen LogP contribution in [-0.4, -0.2) is 9.13 Å². The first-order valence-corrected chi connectivity index (χ1v) is 27.8. The van der Waals surface area contributed by atoms with Crippen molar-refractivity contribution >= 4 is 43.6 Å². The second kappa shape index (κ2) is 19.7. The zero-order valence-corrected chi connectivity index (χ0v) is 48.4. The molecule has 0 atom stereocenters. The Morgan fingerprint density at radius 3 is 0.915 bits per heavy atom. The molecule has 0 aliphatic carbocycles. The van der Waals surface area contributed by atoms with Gasteiger partial charge in [-0.1, -0.05) is 95.1 Å². The number of aromatic nitrogens is 2. The molecular formula is C75H61F3N4. The van der Waals surface area contributed by atoms with Crippen molar-refractivity contribution in [3.8, 4) is 79.1 Å². The third kappa shape index (κ3) is 8.84. The van der Waals surface area contributed by atoms with Crippen LogP contribution in [-0.2, 0) is 6.18 Å². The Hall–Kier alpha value is -9.43. The zero-order chi connectivity index (χ0) is 58.0. The third-order valence-electron chi connectivity index (χ3n) is 16.8. The summed E-state index contributed by atoms with van der Waals surface area (Å²) in [5, 5.41) is 25.6. The van der Waals surface area contributed by atoms with Crippen molar-refractivity contribution in [2.45, 2.75) is 89.3 Å². The second-order valence-corrected chi connectivity index (χ2v) is 23.1. The Morgan fingerprint density at radius 1 is 0.329 bits per heavy atom. The van der Waals surface area contributed by atoms with Crippen LogP contribution in [0.5, 0.6) is 0 Å². The summed E-state index contributed by atoms with van der Waals surface area (Å²) >= 11 is 0. The van der Waals surface area contributed by atoms with Gasteiger partial charge in [0.1, 0.15) is 0 Å². The summed E-state index contributed by atoms with van der Waals surface area (Å²) in [6.07, 6.45) is -4.76. The maximum absolute atomic E-state index is 14.8. The van der Waals surface area contributed by atoms with Gasteiger partial charge in [0.05, 0.1) is 62.3 Å². The molecule has 2 aromatic heterocycles. The van der Waals surface area contributed by atoms with Gasteiger partial charge in [0.15, 0.2) is 0 Å². The van der Waals surface area contributed by atoms with E-state index in [0.717, 1.165) is 89.1 Å². The smallest absolute Gasteiger partial charge is 0.307 e. The van der Waals surface area contributed by atoms with Crippen molar-refractivity contribution in [3.05, 3.63) is 235 Å². The van der Waals surface area contributed by atoms with Crippen LogP contribution in [0, 0.1) is 106 Å². The van der Waals surface area contributed by atoms with Crippen molar-refractivity contribution in [3.63, 3.8) is 0 Å². The topological polar surface area (TPSA) is 57.4 Å². The van der Waals surface area contributed by atoms with Crippen molar-refractivity contribution in [2.24, 2.45) is 0 Å². The number of hydrogen-bond acceptors (Lipinski definition) is 2. The van der Waals surface area contributed by atoms with E-state index in [1.165, 1.54) is 84.0 Å². The van der Waals surface area contributed by atoms with Gasteiger partial charge < -0.3 is 9.13 Å². The first-order valence-electron chi connectivity index (χ1n) is 27.8. The number of rotatable bonds is 7. The lowest BCUT2D eigenvalue weighted by atomic mass is 9.91. The maximum Gasteiger partial charge on any atom is 0.416 e. The normalized spacial score (nSPS) is 11.8. The third-order valence-corrected chi connectivity index (χ3v) is 16.8. The molecule has 12 rings (SSSR count). The summed E-state index contributed by atoms with van der Waals surface area (Å²) in [5.41, 5.74) is 27.3. The lowest BCUT2D eigenvalue weighted by Gasteiger charge is -2.20. The van der Waals surface area contributed by atoms with E-state index in [2.05, 4.69) is 220 Å². The average Bonchev–Trinajstić information content (AvgIpc) is 3.21. The Kier molecular flexibility index (Phi) is 12.8. The second-order valence-electron chi connectivity index (χ2n) is 23.1. The zero-order valence-electron chi connectivity index (χ0n) is 48.4. The highest BCUT2D eigenvalue weighted by Gasteiger charge is 2.32. The molecule has 0 N–H and O–H groups in total. The Balaban J connectivity index is 1.24. The maximum atomic E-state index is 14.8. The number of nitrogens with zero attached hydrogens (tertiary/aromatic N) is 4. The van der Waals surface area contributed by atoms with Gasteiger partial charge in [-0.25, -0.2) is 0 Å². The molecule has 82 heavy (non-hydrogen) atoms. The predicted molar refractivity (Wildman–Crippen MR) is 334 cm³/mol. The van der Waals surface area contributed by atoms with Crippen molar-refractivity contribution in [2.75, 3.05) is 0 Å². The quantitative estimate of drug-likeness (QED) is 0.160. The molecule has 0 spiro atoms. The van der Waals surface area contributed by atoms with Gasteiger partial charge in [-0.3, -0.25) is 0 Å². The van der Waals surface area contributed by atoms with Crippen LogP contribution in [0.15, 0.2) is 152 Å². The summed E-state index contributed by atoms with van der Waals surface area (Å²) in [4.78, 5) is 0. The largest absolute Gasteiger partial charge is 0.416 e. The predicted octanol–water partition coefficient (Wildman–Crippen LogP) is 20.7. The molecule has 2 heterocycles. The molecule has 0 radical (unpaired) electrons. The summed E-state index contributed by atoms with van der Waals surface area (Å²) in [7, 11) is 0. The van der Waals surface area contributed by atoms with Crippen molar-refractivity contribution in [1.29, 1.82) is 10.5 Å². The number of hydrogen-bond donors (Lipinski definition) is 0. The SMILES string of the molecule is Cc1cc(C)c(-c2ccc3c(c2)c2cc(-c4c(C)cc(C)cc4C)ccc2n3-c2cc(C#N)c(-c3cc(C#N)cc(C(F)(F)F)c3)cc2-n2c3ccc(-c4c(C)cc(C)cc4C)cc3c3cc(-c4c(C)cc(C)cc4C)ccc32)c(C)c1. The van der Waals surface area contributed by atoms with Crippen LogP contribution >= 0.6 is 0 Å². The molecule has 12 aromatic rings. The molecule has 0 saturated heterocycles. The highest BCUT2D eigenvalue weighted by molar-refractivity contribution is 6.14. The van der Waals surface area contributed by atoms with Crippen LogP contribution in [0.1, 0.15) is 83.5 Å². The number of alkyl halides is 3. The summed E-state index contributed by atoms with van der Waals surface area (Å²) < 4.78 is 49.0. The van der Waals surface area contributed by atoms with Crippen LogP contribution in [0.25, 0.3) is 111 Å². The van der Waals surface area contributed by atoms with Gasteiger partial charge in [0.2, 0.25) is 0 Å². The van der Waals surface area contributed by atoms with Gasteiger partial charge in [-0.05, 0) is 257 Å². The van der Waals surface area contributed by atoms with E-state index in [1.54, 1.807) is 0 Å². The van der Waals surface area contributed by atoms with Gasteiger partial charge in [-0.2, -0.15) is 23.7 Å². The minimum atomic E-state index is -4.76. The fourth-order valence-corrected chi connectivity index (χ4v) is 14.0. The molecule has 0 amide bonds. The molecule has 0 bridgehead atoms. The number of fused-ring (bicyclic) bond motifs is 6. The summed E-state index contributed by atoms with van der Waals surface area (Å²) in [6.45, 7) is 25.8. The van der Waals surface area contributed by atoms with E-state index >= 15 is 0 Å². The molecule has 402 valence electrons. The molecule has 4 nitrogen and oxygen atoms in total. The fraction of sp³-hybridized carbons (Fsp3) is 0.173. The van der Waals surface area contributed by atoms with Gasteiger partial charge in [0, 0.05) is 27.1 Å². The number of nitriles is 2. The van der Waals surface area contributed by atoms with Crippen LogP contribution in [0.3, 0.4) is 0 Å². The molecule has 0 fully saturated rings. The number of halogens is 3. The lowest BCUT2D eigenvalue weighted by molar-refractivity contribution is -0.137. The minimum Gasteiger partial charge on any atom is -0.307 e. The standard InChI is InChI=1S/C75H61F3N4/c1-40-21-44(5)71(45(6)22-40)53-13-17-65-61(32-53)62-33-54(72-46(7)23-41(2)24-47(72)8)14-18-66(62)81(65)69-36-58(39-80)60(57-29-52(38-79)30-59(31-57)75(76,77)78)37-70(69)82-67-19-15-55(73-48(9)25-42(3)26-49(73)10)34-63(67)64-35-56(16-20-68(64)82)74-50(11)27-43(4)28-51(74)12/h13-37H,1-12H3. The number of benzene rings is 10. The van der Waals surface area contributed by atoms with Crippen LogP contribution in [0.4, 0.5) is 13.2 Å². The first kappa shape index (κ1) is 53.2. The molecule has 7 heteroatoms. The molecule has 10 aromatic carbocycles. The van der Waals surface area contributed by atoms with Gasteiger partial charge in [-0.15, -0.1) is 0 Å². The number of aryl methyl sites for hydroxylation is 12. The Bertz CT molecular complexity index is 4510. The average molecular weight is 1080 g/mol. The Labute approximate surface area is 477 Å². The van der Waals surface area contributed by atoms with E-state index in [1.807, 2.05) is 18.2 Å². The van der Waals surface area contributed by atoms with Crippen LogP contribution in [0.2, 0.25) is 0 Å². The fourth-order valence-electron chi connectivity index (χ4n) is 14.0. The van der Waals surface area contributed by atoms with E-state index in [4.69, 9.17) is 0 Å². The molecular weight excluding hydrogens is 1010 g/mol. The van der Waals surface area contributed by atoms with Gasteiger partial charge in [0.25, 0.3) is 0 Å². The highest BCUT2D eigenvalue weighted by atomic mass is 19.4. The minimum absolute atomic E-state index is 0.112. The molecule has 0 unspecified atom stereocenters. The molecule has 0 aliphatic heterocycles. The van der Waals surface area contributed by atoms with E-state index in [0.29, 0.717) is 11.4 Å². The monoisotopic (exact) mass is 1070 g/mol. The van der Waals surface area contributed by atoms with E-state index in [9.17, 15) is 23.7 Å².